The summed E-state index contributed by atoms with van der Waals surface area (Å²) in [5, 5.41) is 5.66. The molecule has 0 radical (unpaired) electrons. The highest BCUT2D eigenvalue weighted by molar-refractivity contribution is 7.89. The zero-order chi connectivity index (χ0) is 23.0. The Morgan fingerprint density at radius 1 is 1.16 bits per heavy atom. The number of carbonyl (C=O) groups excluding carboxylic acids is 1. The van der Waals surface area contributed by atoms with Crippen LogP contribution in [0.2, 0.25) is 5.02 Å². The topological polar surface area (TPSA) is 79.4 Å². The van der Waals surface area contributed by atoms with Gasteiger partial charge >= 0.3 is 0 Å². The number of hydrogen-bond acceptors (Lipinski definition) is 5. The Kier molecular flexibility index (Phi) is 6.40. The fraction of sp³-hybridized carbons (Fsp3) is 0.304. The van der Waals surface area contributed by atoms with Gasteiger partial charge in [-0.15, -0.1) is 11.3 Å². The molecule has 1 atom stereocenters. The van der Waals surface area contributed by atoms with Crippen LogP contribution in [0.15, 0.2) is 46.7 Å². The number of aromatic nitrogens is 1. The van der Waals surface area contributed by atoms with Crippen LogP contribution in [0.1, 0.15) is 29.5 Å². The molecule has 0 spiro atoms. The van der Waals surface area contributed by atoms with Gasteiger partial charge in [0.15, 0.2) is 5.13 Å². The number of rotatable bonds is 5. The fourth-order valence-electron chi connectivity index (χ4n) is 4.25. The minimum atomic E-state index is -3.80. The molecule has 168 valence electrons. The predicted molar refractivity (Wildman–Crippen MR) is 129 cm³/mol. The van der Waals surface area contributed by atoms with Gasteiger partial charge in [0.25, 0.3) is 0 Å². The maximum atomic E-state index is 13.1. The van der Waals surface area contributed by atoms with E-state index in [0.29, 0.717) is 29.5 Å². The number of carbonyl (C=O) groups is 1. The minimum Gasteiger partial charge on any atom is -0.301 e. The molecule has 1 unspecified atom stereocenters. The van der Waals surface area contributed by atoms with Gasteiger partial charge in [0.05, 0.1) is 10.6 Å². The van der Waals surface area contributed by atoms with E-state index in [1.54, 1.807) is 0 Å². The summed E-state index contributed by atoms with van der Waals surface area (Å²) in [6, 6.07) is 9.44. The molecule has 3 aromatic rings. The molecule has 2 aromatic carbocycles. The van der Waals surface area contributed by atoms with Gasteiger partial charge in [-0.2, -0.15) is 4.31 Å². The summed E-state index contributed by atoms with van der Waals surface area (Å²) in [4.78, 5) is 17.7. The zero-order valence-corrected chi connectivity index (χ0v) is 20.4. The number of anilines is 1. The Balaban J connectivity index is 1.54. The van der Waals surface area contributed by atoms with Crippen LogP contribution in [0.5, 0.6) is 0 Å². The number of hydrogen-bond donors (Lipinski definition) is 1. The van der Waals surface area contributed by atoms with Gasteiger partial charge in [0, 0.05) is 22.5 Å². The van der Waals surface area contributed by atoms with Crippen LogP contribution in [0.25, 0.3) is 11.3 Å². The highest BCUT2D eigenvalue weighted by Crippen LogP contribution is 2.32. The number of nitrogens with zero attached hydrogens (tertiary/aromatic N) is 2. The molecule has 0 bridgehead atoms. The predicted octanol–water partition coefficient (Wildman–Crippen LogP) is 5.18. The van der Waals surface area contributed by atoms with Crippen molar-refractivity contribution in [2.45, 2.75) is 44.6 Å². The van der Waals surface area contributed by atoms with Gasteiger partial charge < -0.3 is 5.32 Å². The number of halogens is 1. The van der Waals surface area contributed by atoms with Gasteiger partial charge in [-0.1, -0.05) is 29.3 Å². The van der Waals surface area contributed by atoms with E-state index in [4.69, 9.17) is 11.6 Å². The highest BCUT2D eigenvalue weighted by Gasteiger charge is 2.39. The number of sulfonamides is 1. The molecule has 1 fully saturated rings. The van der Waals surface area contributed by atoms with Crippen LogP contribution in [-0.2, 0) is 14.8 Å². The van der Waals surface area contributed by atoms with Crippen molar-refractivity contribution >= 4 is 44.0 Å². The third kappa shape index (κ3) is 4.45. The van der Waals surface area contributed by atoms with E-state index in [0.717, 1.165) is 22.4 Å². The summed E-state index contributed by atoms with van der Waals surface area (Å²) in [7, 11) is -3.80. The molecule has 6 nitrogen and oxygen atoms in total. The first-order valence-electron chi connectivity index (χ1n) is 10.3. The zero-order valence-electron chi connectivity index (χ0n) is 18.1. The third-order valence-corrected chi connectivity index (χ3v) is 8.53. The summed E-state index contributed by atoms with van der Waals surface area (Å²) < 4.78 is 27.5. The van der Waals surface area contributed by atoms with Crippen LogP contribution < -0.4 is 5.32 Å². The molecular weight excluding hydrogens is 466 g/mol. The maximum Gasteiger partial charge on any atom is 0.244 e. The minimum absolute atomic E-state index is 0.128. The van der Waals surface area contributed by atoms with Crippen molar-refractivity contribution in [1.29, 1.82) is 0 Å². The average molecular weight is 490 g/mol. The lowest BCUT2D eigenvalue weighted by atomic mass is 9.98. The standard InChI is InChI=1S/C23H24ClN3O3S2/c1-14-11-15(2)21(16(3)12-14)19-13-31-23(25-19)26-22(28)20-5-4-10-27(20)32(29,30)18-8-6-17(24)7-9-18/h6-9,11-13,20H,4-5,10H2,1-3H3,(H,25,26,28). The first-order valence-corrected chi connectivity index (χ1v) is 13.0. The monoisotopic (exact) mass is 489 g/mol. The van der Waals surface area contributed by atoms with Crippen LogP contribution in [-0.4, -0.2) is 36.2 Å². The van der Waals surface area contributed by atoms with Crippen molar-refractivity contribution in [3.63, 3.8) is 0 Å². The van der Waals surface area contributed by atoms with Gasteiger partial charge in [-0.05, 0) is 69.0 Å². The van der Waals surface area contributed by atoms with E-state index < -0.39 is 16.1 Å². The van der Waals surface area contributed by atoms with Crippen molar-refractivity contribution in [2.24, 2.45) is 0 Å². The van der Waals surface area contributed by atoms with Crippen molar-refractivity contribution < 1.29 is 13.2 Å². The molecule has 0 saturated carbocycles. The van der Waals surface area contributed by atoms with Gasteiger partial charge in [0.2, 0.25) is 15.9 Å². The van der Waals surface area contributed by atoms with Crippen molar-refractivity contribution in [2.75, 3.05) is 11.9 Å². The SMILES string of the molecule is Cc1cc(C)c(-c2csc(NC(=O)C3CCCN3S(=O)(=O)c3ccc(Cl)cc3)n2)c(C)c1. The molecule has 1 aliphatic rings. The second-order valence-electron chi connectivity index (χ2n) is 8.03. The molecule has 4 rings (SSSR count). The Labute approximate surface area is 197 Å². The summed E-state index contributed by atoms with van der Waals surface area (Å²) in [5.41, 5.74) is 5.30. The Morgan fingerprint density at radius 2 is 1.81 bits per heavy atom. The quantitative estimate of drug-likeness (QED) is 0.535. The maximum absolute atomic E-state index is 13.1. The lowest BCUT2D eigenvalue weighted by Gasteiger charge is -2.23. The third-order valence-electron chi connectivity index (χ3n) is 5.59. The summed E-state index contributed by atoms with van der Waals surface area (Å²) in [5.74, 6) is -0.363. The second kappa shape index (κ2) is 8.94. The molecule has 32 heavy (non-hydrogen) atoms. The van der Waals surface area contributed by atoms with Crippen LogP contribution in [0.3, 0.4) is 0 Å². The number of amides is 1. The summed E-state index contributed by atoms with van der Waals surface area (Å²) in [6.45, 7) is 6.45. The fourth-order valence-corrected chi connectivity index (χ4v) is 6.74. The van der Waals surface area contributed by atoms with Gasteiger partial charge in [0.1, 0.15) is 6.04 Å². The van der Waals surface area contributed by atoms with Crippen LogP contribution in [0.4, 0.5) is 5.13 Å². The first-order chi connectivity index (χ1) is 15.2. The number of benzene rings is 2. The first kappa shape index (κ1) is 22.9. The normalized spacial score (nSPS) is 16.9. The lowest BCUT2D eigenvalue weighted by molar-refractivity contribution is -0.119. The summed E-state index contributed by atoms with van der Waals surface area (Å²) in [6.07, 6.45) is 1.09. The Bertz CT molecular complexity index is 1250. The number of thiazole rings is 1. The lowest BCUT2D eigenvalue weighted by Crippen LogP contribution is -2.43. The highest BCUT2D eigenvalue weighted by atomic mass is 35.5. The van der Waals surface area contributed by atoms with Crippen molar-refractivity contribution in [3.05, 3.63) is 63.5 Å². The molecular formula is C23H24ClN3O3S2. The van der Waals surface area contributed by atoms with Gasteiger partial charge in [-0.25, -0.2) is 13.4 Å². The van der Waals surface area contributed by atoms with Crippen molar-refractivity contribution in [3.8, 4) is 11.3 Å². The molecule has 1 saturated heterocycles. The molecule has 1 N–H and O–H groups in total. The van der Waals surface area contributed by atoms with Gasteiger partial charge in [-0.3, -0.25) is 4.79 Å². The number of aryl methyl sites for hydroxylation is 3. The van der Waals surface area contributed by atoms with Crippen molar-refractivity contribution in [1.82, 2.24) is 9.29 Å². The average Bonchev–Trinajstić information content (AvgIpc) is 3.38. The molecule has 2 heterocycles. The van der Waals surface area contributed by atoms with E-state index in [-0.39, 0.29) is 10.8 Å². The second-order valence-corrected chi connectivity index (χ2v) is 11.2. The molecule has 0 aliphatic carbocycles. The van der Waals surface area contributed by atoms with E-state index in [1.165, 1.54) is 45.5 Å². The van der Waals surface area contributed by atoms with E-state index >= 15 is 0 Å². The van der Waals surface area contributed by atoms with E-state index in [9.17, 15) is 13.2 Å². The Hall–Kier alpha value is -2.26. The van der Waals surface area contributed by atoms with E-state index in [1.807, 2.05) is 19.2 Å². The largest absolute Gasteiger partial charge is 0.301 e. The van der Waals surface area contributed by atoms with E-state index in [2.05, 4.69) is 29.4 Å². The molecule has 1 aliphatic heterocycles. The van der Waals surface area contributed by atoms with Crippen LogP contribution >= 0.6 is 22.9 Å². The molecule has 1 aromatic heterocycles. The summed E-state index contributed by atoms with van der Waals surface area (Å²) >= 11 is 7.22. The Morgan fingerprint density at radius 3 is 2.47 bits per heavy atom. The molecule has 9 heteroatoms. The number of nitrogens with one attached hydrogen (secondary N) is 1. The molecule has 1 amide bonds. The smallest absolute Gasteiger partial charge is 0.244 e. The van der Waals surface area contributed by atoms with Crippen LogP contribution in [0, 0.1) is 20.8 Å².